The van der Waals surface area contributed by atoms with Gasteiger partial charge in [0, 0.05) is 35.1 Å². The minimum Gasteiger partial charge on any atom is -0.404 e. The van der Waals surface area contributed by atoms with Crippen LogP contribution in [0.1, 0.15) is 0 Å². The van der Waals surface area contributed by atoms with E-state index in [0.717, 1.165) is 6.26 Å². The molecule has 166 valence electrons. The molecule has 11 heteroatoms. The normalized spacial score (nSPS) is 13.2. The van der Waals surface area contributed by atoms with Crippen molar-refractivity contribution in [2.75, 3.05) is 17.3 Å². The molecule has 0 bridgehead atoms. The second-order valence-corrected chi connectivity index (χ2v) is 8.48. The van der Waals surface area contributed by atoms with Gasteiger partial charge in [-0.3, -0.25) is 0 Å². The van der Waals surface area contributed by atoms with Crippen LogP contribution in [0.3, 0.4) is 0 Å². The molecule has 0 atom stereocenters. The summed E-state index contributed by atoms with van der Waals surface area (Å²) in [7, 11) is -3.30. The van der Waals surface area contributed by atoms with E-state index in [4.69, 9.17) is 17.2 Å². The highest BCUT2D eigenvalue weighted by atomic mass is 32.2. The van der Waals surface area contributed by atoms with Gasteiger partial charge in [0.25, 0.3) is 0 Å². The number of hydrogen-bond acceptors (Lipinski definition) is 6. The Bertz CT molecular complexity index is 1070. The molecule has 0 aliphatic rings. The van der Waals surface area contributed by atoms with Gasteiger partial charge in [-0.25, -0.2) is 22.6 Å². The van der Waals surface area contributed by atoms with Gasteiger partial charge < -0.3 is 27.8 Å². The van der Waals surface area contributed by atoms with Crippen LogP contribution >= 0.6 is 0 Å². The predicted octanol–water partition coefficient (Wildman–Crippen LogP) is 1.62. The fourth-order valence-corrected chi connectivity index (χ4v) is 2.80. The monoisotopic (exact) mass is 448 g/mol. The zero-order valence-electron chi connectivity index (χ0n) is 16.9. The quantitative estimate of drug-likeness (QED) is 0.219. The summed E-state index contributed by atoms with van der Waals surface area (Å²) >= 11 is 0. The van der Waals surface area contributed by atoms with E-state index in [0.29, 0.717) is 11.3 Å². The smallest absolute Gasteiger partial charge is 0.323 e. The molecule has 0 aromatic heterocycles. The molecule has 0 saturated heterocycles. The first kappa shape index (κ1) is 25.2. The topological polar surface area (TPSA) is 166 Å². The van der Waals surface area contributed by atoms with Crippen LogP contribution in [0, 0.1) is 5.82 Å². The summed E-state index contributed by atoms with van der Waals surface area (Å²) in [6.07, 6.45) is 6.41. The fourth-order valence-electron chi connectivity index (χ4n) is 2.11. The Labute approximate surface area is 180 Å². The zero-order chi connectivity index (χ0) is 23.6. The van der Waals surface area contributed by atoms with Gasteiger partial charge in [-0.1, -0.05) is 13.2 Å². The van der Waals surface area contributed by atoms with Gasteiger partial charge in [0.1, 0.15) is 11.7 Å². The summed E-state index contributed by atoms with van der Waals surface area (Å²) in [6.45, 7) is 7.42. The number of sulfone groups is 1. The van der Waals surface area contributed by atoms with Crippen LogP contribution in [0.25, 0.3) is 0 Å². The van der Waals surface area contributed by atoms with Gasteiger partial charge in [-0.05, 0) is 42.5 Å². The molecular weight excluding hydrogens is 423 g/mol. The van der Waals surface area contributed by atoms with Gasteiger partial charge in [-0.15, -0.1) is 0 Å². The number of nitrogens with zero attached hydrogens (tertiary/aromatic N) is 1. The molecule has 0 saturated carbocycles. The first-order valence-corrected chi connectivity index (χ1v) is 10.8. The lowest BCUT2D eigenvalue weighted by molar-refractivity contribution is 0.254. The molecule has 1 rings (SSSR count). The Balaban J connectivity index is 2.72. The Kier molecular flexibility index (Phi) is 9.22. The molecular formula is C20H25FN6O3S. The van der Waals surface area contributed by atoms with E-state index in [2.05, 4.69) is 28.8 Å². The molecule has 0 spiro atoms. The Morgan fingerprint density at radius 3 is 2.35 bits per heavy atom. The van der Waals surface area contributed by atoms with Gasteiger partial charge >= 0.3 is 6.03 Å². The highest BCUT2D eigenvalue weighted by molar-refractivity contribution is 7.90. The van der Waals surface area contributed by atoms with Crippen LogP contribution in [-0.4, -0.2) is 32.3 Å². The summed E-state index contributed by atoms with van der Waals surface area (Å²) in [5.41, 5.74) is 18.1. The second kappa shape index (κ2) is 11.4. The van der Waals surface area contributed by atoms with Gasteiger partial charge in [0.05, 0.1) is 11.4 Å². The molecule has 0 fully saturated rings. The average Bonchev–Trinajstić information content (AvgIpc) is 2.62. The molecule has 2 amide bonds. The van der Waals surface area contributed by atoms with Crippen LogP contribution in [0.5, 0.6) is 0 Å². The van der Waals surface area contributed by atoms with E-state index in [9.17, 15) is 17.6 Å². The summed E-state index contributed by atoms with van der Waals surface area (Å²) in [5.74, 6) is -0.841. The van der Waals surface area contributed by atoms with Crippen LogP contribution in [0.4, 0.5) is 14.9 Å². The SMILES string of the molecule is C=C(/C=C\C(=C/N)C(=C)/N=C(N)\C=C(/N)CS(C)(=O)=O)NC(=O)Nc1ccc(F)cc1. The first-order valence-electron chi connectivity index (χ1n) is 8.69. The van der Waals surface area contributed by atoms with Crippen LogP contribution in [0.2, 0.25) is 0 Å². The predicted molar refractivity (Wildman–Crippen MR) is 122 cm³/mol. The van der Waals surface area contributed by atoms with Crippen molar-refractivity contribution in [1.82, 2.24) is 5.32 Å². The van der Waals surface area contributed by atoms with Gasteiger partial charge in [0.2, 0.25) is 0 Å². The highest BCUT2D eigenvalue weighted by Crippen LogP contribution is 2.11. The molecule has 0 heterocycles. The number of rotatable bonds is 9. The zero-order valence-corrected chi connectivity index (χ0v) is 17.7. The van der Waals surface area contributed by atoms with Crippen molar-refractivity contribution >= 4 is 27.4 Å². The summed E-state index contributed by atoms with van der Waals surface area (Å²) in [6, 6.07) is 4.67. The first-order chi connectivity index (χ1) is 14.4. The Hall–Kier alpha value is -3.86. The number of nitrogens with one attached hydrogen (secondary N) is 2. The third-order valence-corrected chi connectivity index (χ3v) is 4.24. The van der Waals surface area contributed by atoms with E-state index in [1.807, 2.05) is 0 Å². The summed E-state index contributed by atoms with van der Waals surface area (Å²) < 4.78 is 35.4. The highest BCUT2D eigenvalue weighted by Gasteiger charge is 2.06. The van der Waals surface area contributed by atoms with E-state index in [-0.39, 0.29) is 28.7 Å². The number of benzene rings is 1. The average molecular weight is 449 g/mol. The lowest BCUT2D eigenvalue weighted by atomic mass is 10.2. The van der Waals surface area contributed by atoms with Crippen molar-refractivity contribution in [1.29, 1.82) is 0 Å². The minimum absolute atomic E-state index is 0.0233. The summed E-state index contributed by atoms with van der Waals surface area (Å²) in [5, 5.41) is 5.00. The van der Waals surface area contributed by atoms with Crippen molar-refractivity contribution in [3.05, 3.63) is 90.3 Å². The van der Waals surface area contributed by atoms with E-state index in [1.165, 1.54) is 48.7 Å². The molecule has 1 aromatic rings. The number of amidine groups is 1. The molecule has 8 N–H and O–H groups in total. The summed E-state index contributed by atoms with van der Waals surface area (Å²) in [4.78, 5) is 15.9. The largest absolute Gasteiger partial charge is 0.404 e. The van der Waals surface area contributed by atoms with Gasteiger partial charge in [0.15, 0.2) is 9.84 Å². The van der Waals surface area contributed by atoms with Crippen molar-refractivity contribution in [3.63, 3.8) is 0 Å². The number of nitrogens with two attached hydrogens (primary N) is 3. The lowest BCUT2D eigenvalue weighted by Gasteiger charge is -2.08. The lowest BCUT2D eigenvalue weighted by Crippen LogP contribution is -2.27. The van der Waals surface area contributed by atoms with Crippen molar-refractivity contribution in [2.45, 2.75) is 0 Å². The van der Waals surface area contributed by atoms with E-state index in [1.54, 1.807) is 0 Å². The number of allylic oxidation sites excluding steroid dienone is 2. The van der Waals surface area contributed by atoms with E-state index >= 15 is 0 Å². The number of halogens is 1. The minimum atomic E-state index is -3.30. The van der Waals surface area contributed by atoms with Crippen molar-refractivity contribution in [3.8, 4) is 0 Å². The molecule has 0 radical (unpaired) electrons. The maximum atomic E-state index is 12.9. The second-order valence-electron chi connectivity index (χ2n) is 6.34. The Morgan fingerprint density at radius 2 is 1.81 bits per heavy atom. The van der Waals surface area contributed by atoms with Crippen molar-refractivity contribution < 1.29 is 17.6 Å². The Morgan fingerprint density at radius 1 is 1.19 bits per heavy atom. The molecule has 0 aliphatic heterocycles. The molecule has 31 heavy (non-hydrogen) atoms. The van der Waals surface area contributed by atoms with Crippen LogP contribution in [-0.2, 0) is 9.84 Å². The number of urea groups is 1. The molecule has 0 unspecified atom stereocenters. The number of carbonyl (C=O) groups excluding carboxylic acids is 1. The fraction of sp³-hybridized carbons (Fsp3) is 0.100. The number of hydrogen-bond donors (Lipinski definition) is 5. The van der Waals surface area contributed by atoms with Crippen LogP contribution < -0.4 is 27.8 Å². The number of carbonyl (C=O) groups is 1. The molecule has 0 aliphatic carbocycles. The van der Waals surface area contributed by atoms with Crippen LogP contribution in [0.15, 0.2) is 89.5 Å². The maximum Gasteiger partial charge on any atom is 0.323 e. The standard InChI is InChI=1S/C20H25FN6O3S/c1-13(25-20(28)27-18-8-6-16(21)7-9-18)4-5-15(11-22)14(2)26-19(24)10-17(23)12-31(3,29)30/h4-11H,1-2,12,22-23H2,3H3,(H2,24,26)(H2,25,27,28)/b5-4-,15-11+,17-10-. The number of amides is 2. The number of anilines is 1. The molecule has 1 aromatic carbocycles. The van der Waals surface area contributed by atoms with Crippen molar-refractivity contribution in [2.24, 2.45) is 22.2 Å². The molecule has 9 nitrogen and oxygen atoms in total. The van der Waals surface area contributed by atoms with E-state index < -0.39 is 21.7 Å². The third-order valence-electron chi connectivity index (χ3n) is 3.38. The van der Waals surface area contributed by atoms with Gasteiger partial charge in [-0.2, -0.15) is 0 Å². The number of aliphatic imine (C=N–C) groups is 1. The maximum absolute atomic E-state index is 12.9. The third kappa shape index (κ3) is 10.5.